The minimum absolute atomic E-state index is 0.119. The Morgan fingerprint density at radius 2 is 2.06 bits per heavy atom. The van der Waals surface area contributed by atoms with Crippen molar-refractivity contribution in [3.63, 3.8) is 0 Å². The van der Waals surface area contributed by atoms with E-state index in [1.807, 2.05) is 27.7 Å². The molecule has 3 fully saturated rings. The maximum atomic E-state index is 14.0. The van der Waals surface area contributed by atoms with Gasteiger partial charge in [0.25, 0.3) is 0 Å². The summed E-state index contributed by atoms with van der Waals surface area (Å²) in [5, 5.41) is 20.3. The van der Waals surface area contributed by atoms with Gasteiger partial charge in [0, 0.05) is 13.1 Å². The first-order chi connectivity index (χ1) is 15.0. The molecule has 7 atom stereocenters. The first kappa shape index (κ1) is 24.7. The second kappa shape index (κ2) is 8.78. The number of aliphatic hydroxyl groups excluding tert-OH is 1. The highest BCUT2D eigenvalue weighted by molar-refractivity contribution is 5.98. The van der Waals surface area contributed by atoms with E-state index >= 15 is 0 Å². The number of carboxylic acids is 1. The molecule has 3 rings (SSSR count). The molecule has 3 aliphatic heterocycles. The van der Waals surface area contributed by atoms with Gasteiger partial charge >= 0.3 is 5.97 Å². The molecule has 32 heavy (non-hydrogen) atoms. The number of aliphatic carboxylic acids is 1. The predicted molar refractivity (Wildman–Crippen MR) is 119 cm³/mol. The maximum Gasteiger partial charge on any atom is 0.310 e. The van der Waals surface area contributed by atoms with Crippen LogP contribution in [0.1, 0.15) is 53.9 Å². The normalized spacial score (nSPS) is 36.5. The average Bonchev–Trinajstić information content (AvgIpc) is 3.22. The molecule has 180 valence electrons. The van der Waals surface area contributed by atoms with E-state index in [0.29, 0.717) is 19.5 Å². The van der Waals surface area contributed by atoms with Crippen LogP contribution in [0.25, 0.3) is 0 Å². The van der Waals surface area contributed by atoms with Crippen LogP contribution in [0, 0.1) is 23.7 Å². The van der Waals surface area contributed by atoms with E-state index in [-0.39, 0.29) is 24.3 Å². The number of amides is 2. The number of aliphatic hydroxyl groups is 1. The molecular weight excluding hydrogens is 412 g/mol. The molecule has 3 aliphatic rings. The molecule has 0 aliphatic carbocycles. The van der Waals surface area contributed by atoms with Crippen molar-refractivity contribution in [2.45, 2.75) is 77.2 Å². The van der Waals surface area contributed by atoms with Crippen molar-refractivity contribution in [3.05, 3.63) is 12.7 Å². The number of carboxylic acid groups (broad SMARTS) is 1. The molecule has 3 unspecified atom stereocenters. The van der Waals surface area contributed by atoms with Crippen molar-refractivity contribution in [2.24, 2.45) is 23.7 Å². The third-order valence-corrected chi connectivity index (χ3v) is 8.01. The lowest BCUT2D eigenvalue weighted by Gasteiger charge is -2.40. The Labute approximate surface area is 190 Å². The molecule has 0 radical (unpaired) electrons. The summed E-state index contributed by atoms with van der Waals surface area (Å²) < 4.78 is 6.50. The van der Waals surface area contributed by atoms with Gasteiger partial charge < -0.3 is 24.7 Å². The number of carbonyl (C=O) groups excluding carboxylic acids is 2. The first-order valence-electron chi connectivity index (χ1n) is 11.8. The van der Waals surface area contributed by atoms with Crippen molar-refractivity contribution >= 4 is 17.8 Å². The van der Waals surface area contributed by atoms with E-state index in [1.54, 1.807) is 17.9 Å². The van der Waals surface area contributed by atoms with Crippen molar-refractivity contribution in [3.8, 4) is 0 Å². The molecule has 0 aromatic rings. The third-order valence-electron chi connectivity index (χ3n) is 8.01. The highest BCUT2D eigenvalue weighted by Crippen LogP contribution is 2.65. The van der Waals surface area contributed by atoms with Crippen LogP contribution in [0.3, 0.4) is 0 Å². The molecular formula is C24H38N2O6. The van der Waals surface area contributed by atoms with Crippen LogP contribution in [0.2, 0.25) is 0 Å². The largest absolute Gasteiger partial charge is 0.481 e. The Morgan fingerprint density at radius 1 is 1.41 bits per heavy atom. The number of hydrogen-bond acceptors (Lipinski definition) is 5. The van der Waals surface area contributed by atoms with Gasteiger partial charge in [-0.1, -0.05) is 40.2 Å². The zero-order chi connectivity index (χ0) is 24.0. The minimum atomic E-state index is -1.21. The van der Waals surface area contributed by atoms with Gasteiger partial charge in [0.2, 0.25) is 11.8 Å². The quantitative estimate of drug-likeness (QED) is 0.493. The van der Waals surface area contributed by atoms with Crippen LogP contribution in [0.4, 0.5) is 0 Å². The number of ether oxygens (including phenoxy) is 1. The summed E-state index contributed by atoms with van der Waals surface area (Å²) in [6, 6.07) is -1.57. The first-order valence-corrected chi connectivity index (χ1v) is 11.8. The third kappa shape index (κ3) is 3.37. The summed E-state index contributed by atoms with van der Waals surface area (Å²) in [5.41, 5.74) is -2.23. The van der Waals surface area contributed by atoms with Gasteiger partial charge in [-0.25, -0.2) is 0 Å². The molecule has 8 heteroatoms. The van der Waals surface area contributed by atoms with Gasteiger partial charge in [0.15, 0.2) is 0 Å². The van der Waals surface area contributed by atoms with Crippen molar-refractivity contribution in [1.82, 2.24) is 9.80 Å². The van der Waals surface area contributed by atoms with E-state index in [2.05, 4.69) is 6.58 Å². The number of likely N-dealkylation sites (tertiary alicyclic amines) is 1. The van der Waals surface area contributed by atoms with Gasteiger partial charge in [-0.3, -0.25) is 14.4 Å². The number of rotatable bonds is 10. The SMILES string of the molecule is C=CCN(CCCC)C(=O)C1N([C@@H](CO)C(C)C)C(=O)[C@@H]2[C@@H](C(=O)O)[C@]3(C)OC12CC3C. The van der Waals surface area contributed by atoms with Gasteiger partial charge in [-0.05, 0) is 31.6 Å². The lowest BCUT2D eigenvalue weighted by Crippen LogP contribution is -2.59. The summed E-state index contributed by atoms with van der Waals surface area (Å²) >= 11 is 0. The number of fused-ring (bicyclic) bond motifs is 1. The topological polar surface area (TPSA) is 107 Å². The summed E-state index contributed by atoms with van der Waals surface area (Å²) in [6.07, 6.45) is 3.80. The smallest absolute Gasteiger partial charge is 0.310 e. The summed E-state index contributed by atoms with van der Waals surface area (Å²) in [6.45, 7) is 13.8. The van der Waals surface area contributed by atoms with Crippen LogP contribution in [0.5, 0.6) is 0 Å². The molecule has 2 bridgehead atoms. The molecule has 1 spiro atoms. The molecule has 0 saturated carbocycles. The second-order valence-electron chi connectivity index (χ2n) is 10.2. The van der Waals surface area contributed by atoms with Crippen LogP contribution >= 0.6 is 0 Å². The number of nitrogens with zero attached hydrogens (tertiary/aromatic N) is 2. The Balaban J connectivity index is 2.16. The fraction of sp³-hybridized carbons (Fsp3) is 0.792. The number of carbonyl (C=O) groups is 3. The standard InChI is InChI=1S/C24H38N2O6/c1-7-9-11-25(10-8-2)21(29)19-24-12-15(5)23(6,32-24)18(22(30)31)17(24)20(28)26(19)16(13-27)14(3)4/h8,14-19,27H,2,7,9-13H2,1,3-6H3,(H,30,31)/t15?,16-,17-,18-,19?,23+,24?/m0/s1. The van der Waals surface area contributed by atoms with E-state index in [9.17, 15) is 24.6 Å². The summed E-state index contributed by atoms with van der Waals surface area (Å²) in [5.74, 6) is -3.95. The van der Waals surface area contributed by atoms with Crippen LogP contribution in [-0.2, 0) is 19.1 Å². The lowest BCUT2D eigenvalue weighted by molar-refractivity contribution is -0.160. The van der Waals surface area contributed by atoms with E-state index in [4.69, 9.17) is 4.74 Å². The second-order valence-corrected chi connectivity index (χ2v) is 10.2. The van der Waals surface area contributed by atoms with Gasteiger partial charge in [-0.2, -0.15) is 0 Å². The van der Waals surface area contributed by atoms with Gasteiger partial charge in [-0.15, -0.1) is 6.58 Å². The van der Waals surface area contributed by atoms with Crippen molar-refractivity contribution in [1.29, 1.82) is 0 Å². The monoisotopic (exact) mass is 450 g/mol. The lowest BCUT2D eigenvalue weighted by atomic mass is 9.62. The Kier molecular flexibility index (Phi) is 6.78. The Morgan fingerprint density at radius 3 is 2.56 bits per heavy atom. The average molecular weight is 451 g/mol. The van der Waals surface area contributed by atoms with E-state index in [0.717, 1.165) is 12.8 Å². The van der Waals surface area contributed by atoms with Crippen molar-refractivity contribution < 1.29 is 29.3 Å². The fourth-order valence-corrected chi connectivity index (χ4v) is 6.28. The van der Waals surface area contributed by atoms with Crippen LogP contribution in [-0.4, -0.2) is 80.8 Å². The van der Waals surface area contributed by atoms with Crippen LogP contribution < -0.4 is 0 Å². The van der Waals surface area contributed by atoms with Gasteiger partial charge in [0.1, 0.15) is 17.6 Å². The molecule has 8 nitrogen and oxygen atoms in total. The highest BCUT2D eigenvalue weighted by Gasteiger charge is 2.80. The molecule has 2 amide bonds. The maximum absolute atomic E-state index is 14.0. The number of hydrogen-bond donors (Lipinski definition) is 2. The molecule has 3 saturated heterocycles. The van der Waals surface area contributed by atoms with Crippen LogP contribution in [0.15, 0.2) is 12.7 Å². The van der Waals surface area contributed by atoms with Crippen molar-refractivity contribution in [2.75, 3.05) is 19.7 Å². The zero-order valence-corrected chi connectivity index (χ0v) is 19.9. The minimum Gasteiger partial charge on any atom is -0.481 e. The van der Waals surface area contributed by atoms with Gasteiger partial charge in [0.05, 0.1) is 24.2 Å². The summed E-state index contributed by atoms with van der Waals surface area (Å²) in [7, 11) is 0. The predicted octanol–water partition coefficient (Wildman–Crippen LogP) is 1.91. The molecule has 0 aromatic carbocycles. The van der Waals surface area contributed by atoms with E-state index in [1.165, 1.54) is 4.90 Å². The summed E-state index contributed by atoms with van der Waals surface area (Å²) in [4.78, 5) is 43.4. The number of unbranched alkanes of at least 4 members (excludes halogenated alkanes) is 1. The zero-order valence-electron chi connectivity index (χ0n) is 19.9. The molecule has 0 aromatic heterocycles. The fourth-order valence-electron chi connectivity index (χ4n) is 6.28. The molecule has 3 heterocycles. The Hall–Kier alpha value is -1.93. The highest BCUT2D eigenvalue weighted by atomic mass is 16.5. The molecule has 2 N–H and O–H groups in total. The Bertz CT molecular complexity index is 784. The van der Waals surface area contributed by atoms with E-state index < -0.39 is 47.0 Å².